The normalized spacial score (nSPS) is 11.0. The van der Waals surface area contributed by atoms with E-state index in [1.54, 1.807) is 0 Å². The molecule has 4 heteroatoms. The molecule has 0 unspecified atom stereocenters. The first-order valence-electron chi connectivity index (χ1n) is 7.99. The first-order chi connectivity index (χ1) is 11.1. The van der Waals surface area contributed by atoms with E-state index in [0.29, 0.717) is 13.2 Å². The number of nitrogens with one attached hydrogen (secondary N) is 1. The molecule has 0 spiro atoms. The Bertz CT molecular complexity index is 798. The highest BCUT2D eigenvalue weighted by Gasteiger charge is 2.13. The predicted molar refractivity (Wildman–Crippen MR) is 93.3 cm³/mol. The Labute approximate surface area is 136 Å². The van der Waals surface area contributed by atoms with Crippen molar-refractivity contribution in [1.29, 1.82) is 0 Å². The highest BCUT2D eigenvalue weighted by Crippen LogP contribution is 2.33. The Kier molecular flexibility index (Phi) is 4.24. The van der Waals surface area contributed by atoms with E-state index in [9.17, 15) is 0 Å². The highest BCUT2D eigenvalue weighted by atomic mass is 16.5. The lowest BCUT2D eigenvalue weighted by Gasteiger charge is -2.11. The molecule has 3 rings (SSSR count). The fourth-order valence-corrected chi connectivity index (χ4v) is 2.63. The number of hydrogen-bond donors (Lipinski definition) is 1. The zero-order valence-corrected chi connectivity index (χ0v) is 14.1. The maximum atomic E-state index is 5.78. The minimum absolute atomic E-state index is 0.598. The van der Waals surface area contributed by atoms with Crippen LogP contribution in [0.25, 0.3) is 22.4 Å². The second kappa shape index (κ2) is 6.32. The standard InChI is InChI=1S/C19H22N2O2/c1-5-22-14-7-8-15(18(11-14)23-6-2)19-20-16-9-12(3)13(4)10-17(16)21-19/h7-11H,5-6H2,1-4H3,(H,20,21). The first-order valence-corrected chi connectivity index (χ1v) is 7.99. The summed E-state index contributed by atoms with van der Waals surface area (Å²) in [6.45, 7) is 9.39. The van der Waals surface area contributed by atoms with Gasteiger partial charge in [0.15, 0.2) is 0 Å². The van der Waals surface area contributed by atoms with E-state index < -0.39 is 0 Å². The van der Waals surface area contributed by atoms with Gasteiger partial charge in [0, 0.05) is 6.07 Å². The number of imidazole rings is 1. The van der Waals surface area contributed by atoms with Crippen molar-refractivity contribution in [1.82, 2.24) is 9.97 Å². The second-order valence-corrected chi connectivity index (χ2v) is 5.56. The summed E-state index contributed by atoms with van der Waals surface area (Å²) in [6, 6.07) is 10.1. The summed E-state index contributed by atoms with van der Waals surface area (Å²) < 4.78 is 11.3. The van der Waals surface area contributed by atoms with E-state index in [1.165, 1.54) is 11.1 Å². The third-order valence-electron chi connectivity index (χ3n) is 3.92. The molecule has 2 aromatic carbocycles. The van der Waals surface area contributed by atoms with Crippen LogP contribution in [0.2, 0.25) is 0 Å². The lowest BCUT2D eigenvalue weighted by Crippen LogP contribution is -1.97. The van der Waals surface area contributed by atoms with Gasteiger partial charge in [-0.1, -0.05) is 0 Å². The van der Waals surface area contributed by atoms with Gasteiger partial charge in [-0.05, 0) is 63.1 Å². The second-order valence-electron chi connectivity index (χ2n) is 5.56. The number of ether oxygens (including phenoxy) is 2. The summed E-state index contributed by atoms with van der Waals surface area (Å²) in [7, 11) is 0. The van der Waals surface area contributed by atoms with Crippen LogP contribution in [0.3, 0.4) is 0 Å². The van der Waals surface area contributed by atoms with Crippen molar-refractivity contribution in [3.63, 3.8) is 0 Å². The van der Waals surface area contributed by atoms with Gasteiger partial charge in [-0.2, -0.15) is 0 Å². The Balaban J connectivity index is 2.09. The number of aryl methyl sites for hydroxylation is 2. The number of aromatic nitrogens is 2. The molecular weight excluding hydrogens is 288 g/mol. The molecule has 0 radical (unpaired) electrons. The van der Waals surface area contributed by atoms with Crippen LogP contribution in [0, 0.1) is 13.8 Å². The van der Waals surface area contributed by atoms with E-state index in [1.807, 2.05) is 32.0 Å². The van der Waals surface area contributed by atoms with Gasteiger partial charge in [0.05, 0.1) is 29.8 Å². The zero-order valence-electron chi connectivity index (χ0n) is 14.1. The molecule has 0 saturated carbocycles. The van der Waals surface area contributed by atoms with Crippen molar-refractivity contribution in [3.8, 4) is 22.9 Å². The maximum Gasteiger partial charge on any atom is 0.142 e. The fraction of sp³-hybridized carbons (Fsp3) is 0.316. The Morgan fingerprint density at radius 3 is 2.43 bits per heavy atom. The summed E-state index contributed by atoms with van der Waals surface area (Å²) in [5.41, 5.74) is 5.46. The quantitative estimate of drug-likeness (QED) is 0.746. The number of fused-ring (bicyclic) bond motifs is 1. The van der Waals surface area contributed by atoms with Crippen LogP contribution in [0.15, 0.2) is 30.3 Å². The molecule has 1 heterocycles. The minimum atomic E-state index is 0.598. The summed E-state index contributed by atoms with van der Waals surface area (Å²) >= 11 is 0. The average molecular weight is 310 g/mol. The third-order valence-corrected chi connectivity index (χ3v) is 3.92. The van der Waals surface area contributed by atoms with Crippen LogP contribution < -0.4 is 9.47 Å². The van der Waals surface area contributed by atoms with E-state index in [4.69, 9.17) is 14.5 Å². The largest absolute Gasteiger partial charge is 0.494 e. The van der Waals surface area contributed by atoms with Crippen LogP contribution in [0.1, 0.15) is 25.0 Å². The van der Waals surface area contributed by atoms with E-state index in [2.05, 4.69) is 31.0 Å². The Hall–Kier alpha value is -2.49. The number of nitrogens with zero attached hydrogens (tertiary/aromatic N) is 1. The van der Waals surface area contributed by atoms with Crippen LogP contribution in [-0.2, 0) is 0 Å². The van der Waals surface area contributed by atoms with Crippen molar-refractivity contribution in [2.24, 2.45) is 0 Å². The van der Waals surface area contributed by atoms with E-state index in [-0.39, 0.29) is 0 Å². The fourth-order valence-electron chi connectivity index (χ4n) is 2.63. The molecule has 0 amide bonds. The van der Waals surface area contributed by atoms with Gasteiger partial charge < -0.3 is 14.5 Å². The Morgan fingerprint density at radius 1 is 0.957 bits per heavy atom. The molecule has 1 aromatic heterocycles. The van der Waals surface area contributed by atoms with Crippen LogP contribution in [0.4, 0.5) is 0 Å². The van der Waals surface area contributed by atoms with Gasteiger partial charge in [-0.25, -0.2) is 4.98 Å². The van der Waals surface area contributed by atoms with Crippen molar-refractivity contribution in [3.05, 3.63) is 41.5 Å². The van der Waals surface area contributed by atoms with Crippen molar-refractivity contribution < 1.29 is 9.47 Å². The summed E-state index contributed by atoms with van der Waals surface area (Å²) in [5, 5.41) is 0. The summed E-state index contributed by atoms with van der Waals surface area (Å²) in [6.07, 6.45) is 0. The molecule has 3 aromatic rings. The molecule has 0 aliphatic carbocycles. The van der Waals surface area contributed by atoms with Gasteiger partial charge in [0.25, 0.3) is 0 Å². The smallest absolute Gasteiger partial charge is 0.142 e. The van der Waals surface area contributed by atoms with Gasteiger partial charge in [-0.3, -0.25) is 0 Å². The molecule has 0 aliphatic rings. The third kappa shape index (κ3) is 3.02. The number of hydrogen-bond acceptors (Lipinski definition) is 3. The van der Waals surface area contributed by atoms with Gasteiger partial charge >= 0.3 is 0 Å². The summed E-state index contributed by atoms with van der Waals surface area (Å²) in [4.78, 5) is 8.13. The van der Waals surface area contributed by atoms with E-state index >= 15 is 0 Å². The lowest BCUT2D eigenvalue weighted by molar-refractivity contribution is 0.324. The predicted octanol–water partition coefficient (Wildman–Crippen LogP) is 4.64. The van der Waals surface area contributed by atoms with Crippen LogP contribution in [0.5, 0.6) is 11.5 Å². The highest BCUT2D eigenvalue weighted by molar-refractivity contribution is 5.82. The molecule has 1 N–H and O–H groups in total. The SMILES string of the molecule is CCOc1ccc(-c2nc3cc(C)c(C)cc3[nH]2)c(OCC)c1. The molecule has 0 fully saturated rings. The number of H-pyrrole nitrogens is 1. The molecule has 0 atom stereocenters. The number of aromatic amines is 1. The monoisotopic (exact) mass is 310 g/mol. The lowest BCUT2D eigenvalue weighted by atomic mass is 10.1. The molecule has 120 valence electrons. The first kappa shape index (κ1) is 15.4. The number of rotatable bonds is 5. The topological polar surface area (TPSA) is 47.1 Å². The van der Waals surface area contributed by atoms with Crippen molar-refractivity contribution in [2.45, 2.75) is 27.7 Å². The van der Waals surface area contributed by atoms with Gasteiger partial charge in [0.2, 0.25) is 0 Å². The molecule has 0 bridgehead atoms. The van der Waals surface area contributed by atoms with Crippen LogP contribution >= 0.6 is 0 Å². The Morgan fingerprint density at radius 2 is 1.70 bits per heavy atom. The van der Waals surface area contributed by atoms with Gasteiger partial charge in [0.1, 0.15) is 17.3 Å². The maximum absolute atomic E-state index is 5.78. The minimum Gasteiger partial charge on any atom is -0.494 e. The zero-order chi connectivity index (χ0) is 16.4. The van der Waals surface area contributed by atoms with Crippen molar-refractivity contribution >= 4 is 11.0 Å². The van der Waals surface area contributed by atoms with E-state index in [0.717, 1.165) is 33.9 Å². The molecular formula is C19H22N2O2. The van der Waals surface area contributed by atoms with Gasteiger partial charge in [-0.15, -0.1) is 0 Å². The summed E-state index contributed by atoms with van der Waals surface area (Å²) in [5.74, 6) is 2.41. The van der Waals surface area contributed by atoms with Crippen LogP contribution in [-0.4, -0.2) is 23.2 Å². The average Bonchev–Trinajstić information content (AvgIpc) is 2.91. The number of benzene rings is 2. The molecule has 0 saturated heterocycles. The molecule has 23 heavy (non-hydrogen) atoms. The molecule has 4 nitrogen and oxygen atoms in total. The molecule has 0 aliphatic heterocycles. The van der Waals surface area contributed by atoms with Crippen molar-refractivity contribution in [2.75, 3.05) is 13.2 Å².